The van der Waals surface area contributed by atoms with Crippen LogP contribution in [0.15, 0.2) is 138 Å². The number of aliphatic imine (C=N–C) groups is 1. The average Bonchev–Trinajstić information content (AvgIpc) is 3.07. The van der Waals surface area contributed by atoms with E-state index in [2.05, 4.69) is 144 Å². The number of hydrogen-bond acceptors (Lipinski definition) is 1. The average molecular weight is 534 g/mol. The number of terminal acetylenes is 1. The molecule has 1 nitrogen and oxygen atoms in total. The Morgan fingerprint density at radius 2 is 1.00 bits per heavy atom. The molecule has 0 heterocycles. The highest BCUT2D eigenvalue weighted by molar-refractivity contribution is 6.25. The minimum absolute atomic E-state index is 0.174. The van der Waals surface area contributed by atoms with Gasteiger partial charge in [-0.15, -0.1) is 6.42 Å². The molecule has 7 aromatic carbocycles. The fourth-order valence-electron chi connectivity index (χ4n) is 6.85. The molecule has 0 radical (unpaired) electrons. The van der Waals surface area contributed by atoms with Crippen LogP contribution >= 0.6 is 0 Å². The Balaban J connectivity index is 1.27. The molecule has 196 valence electrons. The van der Waals surface area contributed by atoms with E-state index >= 15 is 0 Å². The van der Waals surface area contributed by atoms with Crippen LogP contribution < -0.4 is 0 Å². The molecule has 0 aromatic heterocycles. The molecule has 1 unspecified atom stereocenters. The lowest BCUT2D eigenvalue weighted by Gasteiger charge is -2.27. The van der Waals surface area contributed by atoms with Crippen molar-refractivity contribution in [2.75, 3.05) is 7.05 Å². The van der Waals surface area contributed by atoms with Crippen LogP contribution in [0.25, 0.3) is 65.7 Å². The smallest absolute Gasteiger partial charge is 0.0879 e. The Kier molecular flexibility index (Phi) is 5.56. The van der Waals surface area contributed by atoms with Gasteiger partial charge in [0.15, 0.2) is 0 Å². The molecule has 8 rings (SSSR count). The topological polar surface area (TPSA) is 12.4 Å². The van der Waals surface area contributed by atoms with Crippen LogP contribution in [-0.4, -0.2) is 12.8 Å². The highest BCUT2D eigenvalue weighted by Gasteiger charge is 2.29. The zero-order chi connectivity index (χ0) is 28.2. The third kappa shape index (κ3) is 3.63. The zero-order valence-corrected chi connectivity index (χ0v) is 23.3. The van der Waals surface area contributed by atoms with E-state index in [0.717, 1.165) is 22.4 Å². The summed E-state index contributed by atoms with van der Waals surface area (Å²) in [5, 5.41) is 7.73. The molecule has 0 saturated heterocycles. The van der Waals surface area contributed by atoms with Crippen molar-refractivity contribution >= 4 is 38.0 Å². The lowest BCUT2D eigenvalue weighted by Crippen LogP contribution is -2.19. The van der Waals surface area contributed by atoms with Gasteiger partial charge in [-0.25, -0.2) is 0 Å². The molecule has 0 saturated carbocycles. The molecule has 1 aliphatic rings. The Labute approximate surface area is 245 Å². The van der Waals surface area contributed by atoms with Gasteiger partial charge in [0.1, 0.15) is 0 Å². The minimum atomic E-state index is -0.174. The number of benzene rings is 7. The monoisotopic (exact) mass is 533 g/mol. The van der Waals surface area contributed by atoms with E-state index in [1.807, 2.05) is 7.05 Å². The maximum absolute atomic E-state index is 6.12. The number of rotatable bonds is 2. The summed E-state index contributed by atoms with van der Waals surface area (Å²) in [6, 6.07) is 48.3. The molecule has 1 heteroatoms. The van der Waals surface area contributed by atoms with Crippen molar-refractivity contribution < 1.29 is 0 Å². The highest BCUT2D eigenvalue weighted by atomic mass is 14.7. The predicted octanol–water partition coefficient (Wildman–Crippen LogP) is 10.3. The molecule has 1 aliphatic carbocycles. The van der Waals surface area contributed by atoms with E-state index in [9.17, 15) is 0 Å². The van der Waals surface area contributed by atoms with Gasteiger partial charge >= 0.3 is 0 Å². The first kappa shape index (κ1) is 24.4. The van der Waals surface area contributed by atoms with Crippen molar-refractivity contribution in [2.24, 2.45) is 4.99 Å². The van der Waals surface area contributed by atoms with Gasteiger partial charge in [-0.2, -0.15) is 0 Å². The van der Waals surface area contributed by atoms with Gasteiger partial charge in [0, 0.05) is 12.6 Å². The van der Waals surface area contributed by atoms with Crippen molar-refractivity contribution in [3.8, 4) is 45.7 Å². The summed E-state index contributed by atoms with van der Waals surface area (Å²) in [6.45, 7) is 0. The first-order valence-electron chi connectivity index (χ1n) is 14.4. The number of fused-ring (bicyclic) bond motifs is 9. The van der Waals surface area contributed by atoms with E-state index in [-0.39, 0.29) is 5.92 Å². The van der Waals surface area contributed by atoms with E-state index in [1.165, 1.54) is 60.1 Å². The Bertz CT molecular complexity index is 2240. The summed E-state index contributed by atoms with van der Waals surface area (Å²) < 4.78 is 0. The van der Waals surface area contributed by atoms with E-state index in [4.69, 9.17) is 6.42 Å². The Hall–Kier alpha value is -5.45. The van der Waals surface area contributed by atoms with Crippen LogP contribution in [-0.2, 0) is 0 Å². The quantitative estimate of drug-likeness (QED) is 0.155. The first-order chi connectivity index (χ1) is 20.7. The fraction of sp³-hybridized carbons (Fsp3) is 0.0488. The van der Waals surface area contributed by atoms with Gasteiger partial charge in [0.2, 0.25) is 0 Å². The largest absolute Gasteiger partial charge is 0.291 e. The summed E-state index contributed by atoms with van der Waals surface area (Å²) in [7, 11) is 1.84. The van der Waals surface area contributed by atoms with Crippen LogP contribution in [0.3, 0.4) is 0 Å². The molecular weight excluding hydrogens is 506 g/mol. The summed E-state index contributed by atoms with van der Waals surface area (Å²) in [4.78, 5) is 4.64. The van der Waals surface area contributed by atoms with E-state index in [1.54, 1.807) is 0 Å². The zero-order valence-electron chi connectivity index (χ0n) is 23.3. The molecule has 0 amide bonds. The van der Waals surface area contributed by atoms with Crippen molar-refractivity contribution in [2.45, 2.75) is 5.92 Å². The molecular formula is C41H27N. The maximum Gasteiger partial charge on any atom is 0.0879 e. The van der Waals surface area contributed by atoms with Gasteiger partial charge in [0.05, 0.1) is 11.6 Å². The molecule has 1 atom stereocenters. The molecule has 0 bridgehead atoms. The Morgan fingerprint density at radius 3 is 1.64 bits per heavy atom. The molecule has 0 spiro atoms. The molecule has 0 aliphatic heterocycles. The van der Waals surface area contributed by atoms with Gasteiger partial charge in [-0.3, -0.25) is 4.99 Å². The standard InChI is InChI=1S/C41H27N/c1-3-30-39-24-28(20-22-37(39)34-16-8-9-18-38(34)41(30)42-2)26-11-10-12-27(23-26)29-19-21-36-33-15-5-4-13-31(33)32-14-6-7-17-35(32)40(36)25-29/h1,4-25,30H,2H3. The van der Waals surface area contributed by atoms with Gasteiger partial charge < -0.3 is 0 Å². The van der Waals surface area contributed by atoms with Crippen LogP contribution in [0.5, 0.6) is 0 Å². The molecule has 42 heavy (non-hydrogen) atoms. The lowest BCUT2D eigenvalue weighted by molar-refractivity contribution is 1.14. The second-order valence-electron chi connectivity index (χ2n) is 11.0. The van der Waals surface area contributed by atoms with Gasteiger partial charge in [0.25, 0.3) is 0 Å². The minimum Gasteiger partial charge on any atom is -0.291 e. The second-order valence-corrected chi connectivity index (χ2v) is 11.0. The lowest BCUT2D eigenvalue weighted by atomic mass is 9.76. The summed E-state index contributed by atoms with van der Waals surface area (Å²) in [5.74, 6) is 2.86. The third-order valence-corrected chi connectivity index (χ3v) is 8.81. The van der Waals surface area contributed by atoms with Crippen LogP contribution in [0.1, 0.15) is 17.0 Å². The number of nitrogens with zero attached hydrogens (tertiary/aromatic N) is 1. The van der Waals surface area contributed by atoms with Gasteiger partial charge in [-0.1, -0.05) is 121 Å². The highest BCUT2D eigenvalue weighted by Crippen LogP contribution is 2.42. The first-order valence-corrected chi connectivity index (χ1v) is 14.4. The summed E-state index contributed by atoms with van der Waals surface area (Å²) in [5.41, 5.74) is 10.3. The van der Waals surface area contributed by atoms with E-state index < -0.39 is 0 Å². The van der Waals surface area contributed by atoms with Crippen molar-refractivity contribution in [3.63, 3.8) is 0 Å². The molecule has 7 aromatic rings. The number of hydrogen-bond donors (Lipinski definition) is 0. The van der Waals surface area contributed by atoms with Crippen LogP contribution in [0, 0.1) is 12.3 Å². The maximum atomic E-state index is 6.12. The summed E-state index contributed by atoms with van der Waals surface area (Å²) >= 11 is 0. The molecule has 0 N–H and O–H groups in total. The molecule has 0 fully saturated rings. The van der Waals surface area contributed by atoms with E-state index in [0.29, 0.717) is 0 Å². The SMILES string of the molecule is C#CC1C(=NC)c2ccccc2-c2ccc(-c3cccc(-c4ccc5c6ccccc6c6ccccc6c5c4)c3)cc21. The van der Waals surface area contributed by atoms with Crippen molar-refractivity contribution in [1.29, 1.82) is 0 Å². The summed E-state index contributed by atoms with van der Waals surface area (Å²) in [6.07, 6.45) is 6.12. The van der Waals surface area contributed by atoms with Crippen LogP contribution in [0.2, 0.25) is 0 Å². The van der Waals surface area contributed by atoms with Crippen LogP contribution in [0.4, 0.5) is 0 Å². The predicted molar refractivity (Wildman–Crippen MR) is 179 cm³/mol. The van der Waals surface area contributed by atoms with Gasteiger partial charge in [-0.05, 0) is 89.5 Å². The van der Waals surface area contributed by atoms with Crippen molar-refractivity contribution in [1.82, 2.24) is 0 Å². The normalized spacial score (nSPS) is 15.0. The third-order valence-electron chi connectivity index (χ3n) is 8.81. The fourth-order valence-corrected chi connectivity index (χ4v) is 6.85. The van der Waals surface area contributed by atoms with Crippen molar-refractivity contribution in [3.05, 3.63) is 145 Å². The second kappa shape index (κ2) is 9.58. The Morgan fingerprint density at radius 1 is 0.476 bits per heavy atom.